The second-order valence-corrected chi connectivity index (χ2v) is 6.80. The first-order valence-corrected chi connectivity index (χ1v) is 8.47. The predicted octanol–water partition coefficient (Wildman–Crippen LogP) is 2.58. The number of nitrogens with one attached hydrogen (secondary N) is 1. The van der Waals surface area contributed by atoms with Crippen LogP contribution in [0.2, 0.25) is 0 Å². The molecule has 23 heavy (non-hydrogen) atoms. The zero-order chi connectivity index (χ0) is 15.6. The highest BCUT2D eigenvalue weighted by Gasteiger charge is 2.30. The summed E-state index contributed by atoms with van der Waals surface area (Å²) in [4.78, 5) is 6.80. The fraction of sp³-hybridized carbons (Fsp3) is 0.588. The normalized spacial score (nSPS) is 21.7. The fourth-order valence-electron chi connectivity index (χ4n) is 3.06. The standard InChI is InChI=1S/C17H23N5O/c1-12-2-5-15(18-8-12)19-9-13-6-7-22(10-13)11-16-20-21-17(23-16)14-3-4-14/h2,5,8,13-14H,3-4,6-7,9-11H2,1H3,(H,18,19). The van der Waals surface area contributed by atoms with Crippen molar-refractivity contribution < 1.29 is 4.42 Å². The molecule has 1 unspecified atom stereocenters. The van der Waals surface area contributed by atoms with Gasteiger partial charge in [0, 0.05) is 25.2 Å². The van der Waals surface area contributed by atoms with Crippen molar-refractivity contribution >= 4 is 5.82 Å². The number of anilines is 1. The molecule has 0 amide bonds. The fourth-order valence-corrected chi connectivity index (χ4v) is 3.06. The van der Waals surface area contributed by atoms with E-state index in [4.69, 9.17) is 4.42 Å². The van der Waals surface area contributed by atoms with Gasteiger partial charge < -0.3 is 9.73 Å². The molecule has 0 radical (unpaired) electrons. The maximum atomic E-state index is 5.76. The highest BCUT2D eigenvalue weighted by Crippen LogP contribution is 2.39. The first kappa shape index (κ1) is 14.6. The van der Waals surface area contributed by atoms with Crippen molar-refractivity contribution in [3.05, 3.63) is 35.7 Å². The maximum absolute atomic E-state index is 5.76. The molecule has 1 saturated heterocycles. The van der Waals surface area contributed by atoms with Crippen molar-refractivity contribution in [2.24, 2.45) is 5.92 Å². The number of rotatable bonds is 6. The summed E-state index contributed by atoms with van der Waals surface area (Å²) in [6, 6.07) is 4.13. The molecule has 0 bridgehead atoms. The van der Waals surface area contributed by atoms with Crippen LogP contribution < -0.4 is 5.32 Å². The molecular formula is C17H23N5O. The van der Waals surface area contributed by atoms with E-state index in [1.54, 1.807) is 0 Å². The van der Waals surface area contributed by atoms with Gasteiger partial charge in [-0.05, 0) is 50.3 Å². The molecule has 1 aliphatic carbocycles. The van der Waals surface area contributed by atoms with Gasteiger partial charge in [-0.15, -0.1) is 10.2 Å². The average molecular weight is 313 g/mol. The smallest absolute Gasteiger partial charge is 0.230 e. The lowest BCUT2D eigenvalue weighted by atomic mass is 10.1. The van der Waals surface area contributed by atoms with Crippen LogP contribution in [0, 0.1) is 12.8 Å². The molecule has 1 saturated carbocycles. The van der Waals surface area contributed by atoms with Crippen LogP contribution in [-0.2, 0) is 6.54 Å². The molecule has 2 aromatic rings. The van der Waals surface area contributed by atoms with Gasteiger partial charge in [0.05, 0.1) is 6.54 Å². The van der Waals surface area contributed by atoms with E-state index in [1.165, 1.54) is 24.8 Å². The van der Waals surface area contributed by atoms with Crippen LogP contribution in [0.1, 0.15) is 42.5 Å². The summed E-state index contributed by atoms with van der Waals surface area (Å²) in [5, 5.41) is 11.8. The Labute approximate surface area is 136 Å². The zero-order valence-electron chi connectivity index (χ0n) is 13.5. The molecule has 3 heterocycles. The summed E-state index contributed by atoms with van der Waals surface area (Å²) in [6.45, 7) is 5.95. The van der Waals surface area contributed by atoms with Crippen LogP contribution >= 0.6 is 0 Å². The average Bonchev–Trinajstić information content (AvgIpc) is 3.14. The first-order chi connectivity index (χ1) is 11.3. The van der Waals surface area contributed by atoms with E-state index in [0.717, 1.165) is 43.8 Å². The van der Waals surface area contributed by atoms with Gasteiger partial charge in [-0.1, -0.05) is 6.07 Å². The van der Waals surface area contributed by atoms with Gasteiger partial charge in [0.25, 0.3) is 0 Å². The van der Waals surface area contributed by atoms with E-state index in [0.29, 0.717) is 11.8 Å². The summed E-state index contributed by atoms with van der Waals surface area (Å²) in [7, 11) is 0. The second-order valence-electron chi connectivity index (χ2n) is 6.80. The predicted molar refractivity (Wildman–Crippen MR) is 87.1 cm³/mol. The van der Waals surface area contributed by atoms with Gasteiger partial charge in [-0.3, -0.25) is 4.90 Å². The van der Waals surface area contributed by atoms with Crippen molar-refractivity contribution in [3.63, 3.8) is 0 Å². The Morgan fingerprint density at radius 2 is 2.17 bits per heavy atom. The maximum Gasteiger partial charge on any atom is 0.230 e. The summed E-state index contributed by atoms with van der Waals surface area (Å²) >= 11 is 0. The van der Waals surface area contributed by atoms with Crippen LogP contribution in [0.4, 0.5) is 5.82 Å². The van der Waals surface area contributed by atoms with Crippen LogP contribution in [0.15, 0.2) is 22.7 Å². The number of aryl methyl sites for hydroxylation is 1. The molecule has 1 N–H and O–H groups in total. The van der Waals surface area contributed by atoms with Crippen molar-refractivity contribution in [1.82, 2.24) is 20.1 Å². The molecule has 2 aromatic heterocycles. The van der Waals surface area contributed by atoms with E-state index < -0.39 is 0 Å². The molecule has 2 fully saturated rings. The van der Waals surface area contributed by atoms with Crippen LogP contribution in [0.5, 0.6) is 0 Å². The Balaban J connectivity index is 1.24. The molecular weight excluding hydrogens is 290 g/mol. The first-order valence-electron chi connectivity index (χ1n) is 8.47. The second kappa shape index (κ2) is 6.28. The number of aromatic nitrogens is 3. The van der Waals surface area contributed by atoms with Gasteiger partial charge in [0.1, 0.15) is 5.82 Å². The number of nitrogens with zero attached hydrogens (tertiary/aromatic N) is 4. The Kier molecular flexibility index (Phi) is 3.99. The van der Waals surface area contributed by atoms with Crippen molar-refractivity contribution in [1.29, 1.82) is 0 Å². The largest absolute Gasteiger partial charge is 0.424 e. The topological polar surface area (TPSA) is 67.1 Å². The summed E-state index contributed by atoms with van der Waals surface area (Å²) in [5.74, 6) is 3.74. The SMILES string of the molecule is Cc1ccc(NCC2CCN(Cc3nnc(C4CC4)o3)C2)nc1. The van der Waals surface area contributed by atoms with Gasteiger partial charge in [-0.25, -0.2) is 4.98 Å². The molecule has 0 aromatic carbocycles. The number of likely N-dealkylation sites (tertiary alicyclic amines) is 1. The van der Waals surface area contributed by atoms with Crippen molar-refractivity contribution in [2.45, 2.75) is 38.6 Å². The third-order valence-corrected chi connectivity index (χ3v) is 4.62. The van der Waals surface area contributed by atoms with Crippen LogP contribution in [-0.4, -0.2) is 39.7 Å². The number of pyridine rings is 1. The van der Waals surface area contributed by atoms with Crippen LogP contribution in [0.25, 0.3) is 0 Å². The highest BCUT2D eigenvalue weighted by atomic mass is 16.4. The lowest BCUT2D eigenvalue weighted by molar-refractivity contribution is 0.278. The third kappa shape index (κ3) is 3.69. The lowest BCUT2D eigenvalue weighted by Gasteiger charge is -2.14. The lowest BCUT2D eigenvalue weighted by Crippen LogP contribution is -2.23. The minimum absolute atomic E-state index is 0.536. The third-order valence-electron chi connectivity index (χ3n) is 4.62. The Bertz CT molecular complexity index is 649. The quantitative estimate of drug-likeness (QED) is 0.884. The molecule has 2 aliphatic rings. The minimum atomic E-state index is 0.536. The van der Waals surface area contributed by atoms with Crippen LogP contribution in [0.3, 0.4) is 0 Å². The van der Waals surface area contributed by atoms with E-state index in [9.17, 15) is 0 Å². The monoisotopic (exact) mass is 313 g/mol. The molecule has 6 nitrogen and oxygen atoms in total. The molecule has 0 spiro atoms. The Morgan fingerprint density at radius 1 is 1.26 bits per heavy atom. The number of hydrogen-bond acceptors (Lipinski definition) is 6. The summed E-state index contributed by atoms with van der Waals surface area (Å²) < 4.78 is 5.76. The summed E-state index contributed by atoms with van der Waals surface area (Å²) in [6.07, 6.45) is 5.50. The minimum Gasteiger partial charge on any atom is -0.424 e. The van der Waals surface area contributed by atoms with Gasteiger partial charge in [-0.2, -0.15) is 0 Å². The summed E-state index contributed by atoms with van der Waals surface area (Å²) in [5.41, 5.74) is 1.19. The Morgan fingerprint density at radius 3 is 2.96 bits per heavy atom. The van der Waals surface area contributed by atoms with Gasteiger partial charge in [0.15, 0.2) is 0 Å². The van der Waals surface area contributed by atoms with E-state index in [1.807, 2.05) is 12.3 Å². The van der Waals surface area contributed by atoms with E-state index >= 15 is 0 Å². The zero-order valence-corrected chi connectivity index (χ0v) is 13.5. The number of hydrogen-bond donors (Lipinski definition) is 1. The van der Waals surface area contributed by atoms with Gasteiger partial charge in [0.2, 0.25) is 11.8 Å². The molecule has 1 aliphatic heterocycles. The van der Waals surface area contributed by atoms with E-state index in [-0.39, 0.29) is 0 Å². The Hall–Kier alpha value is -1.95. The molecule has 4 rings (SSSR count). The molecule has 122 valence electrons. The molecule has 1 atom stereocenters. The van der Waals surface area contributed by atoms with Crippen molar-refractivity contribution in [2.75, 3.05) is 25.0 Å². The van der Waals surface area contributed by atoms with E-state index in [2.05, 4.69) is 38.4 Å². The van der Waals surface area contributed by atoms with Gasteiger partial charge >= 0.3 is 0 Å². The highest BCUT2D eigenvalue weighted by molar-refractivity contribution is 5.35. The molecule has 6 heteroatoms. The van der Waals surface area contributed by atoms with Crippen molar-refractivity contribution in [3.8, 4) is 0 Å².